The molecule has 1 aromatic carbocycles. The monoisotopic (exact) mass is 285 g/mol. The minimum atomic E-state index is -5.36. The highest BCUT2D eigenvalue weighted by molar-refractivity contribution is 5.97. The Labute approximate surface area is 101 Å². The van der Waals surface area contributed by atoms with Crippen molar-refractivity contribution in [3.63, 3.8) is 0 Å². The van der Waals surface area contributed by atoms with Crippen LogP contribution in [0.2, 0.25) is 0 Å². The van der Waals surface area contributed by atoms with Crippen LogP contribution in [0.5, 0.6) is 5.75 Å². The predicted octanol–water partition coefficient (Wildman–Crippen LogP) is 1.87. The molecule has 1 aromatic rings. The summed E-state index contributed by atoms with van der Waals surface area (Å²) in [4.78, 5) is 21.0. The first-order valence-electron chi connectivity index (χ1n) is 4.38. The number of phenols is 1. The number of hydrogen-bond donors (Lipinski definition) is 3. The number of carboxylic acid groups (broad SMARTS) is 1. The number of alkyl halides is 3. The third-order valence-corrected chi connectivity index (χ3v) is 1.91. The Hall–Kier alpha value is -2.39. The highest BCUT2D eigenvalue weighted by Gasteiger charge is 2.39. The number of carbonyl (C=O) groups excluding carboxylic acids is 1. The van der Waals surface area contributed by atoms with Gasteiger partial charge in [-0.1, -0.05) is 0 Å². The van der Waals surface area contributed by atoms with E-state index in [9.17, 15) is 31.5 Å². The van der Waals surface area contributed by atoms with Gasteiger partial charge in [0.25, 0.3) is 0 Å². The molecule has 19 heavy (non-hydrogen) atoms. The second kappa shape index (κ2) is 4.71. The number of amides is 1. The summed E-state index contributed by atoms with van der Waals surface area (Å²) in [5.74, 6) is -10.2. The van der Waals surface area contributed by atoms with Gasteiger partial charge in [-0.05, 0) is 6.07 Å². The van der Waals surface area contributed by atoms with Gasteiger partial charge in [-0.3, -0.25) is 4.79 Å². The lowest BCUT2D eigenvalue weighted by Crippen LogP contribution is -2.30. The highest BCUT2D eigenvalue weighted by Crippen LogP contribution is 2.31. The largest absolute Gasteiger partial charge is 0.503 e. The van der Waals surface area contributed by atoms with E-state index in [2.05, 4.69) is 0 Å². The zero-order valence-corrected chi connectivity index (χ0v) is 8.68. The minimum absolute atomic E-state index is 0.121. The maximum atomic E-state index is 13.2. The van der Waals surface area contributed by atoms with Crippen molar-refractivity contribution in [3.8, 4) is 5.75 Å². The van der Waals surface area contributed by atoms with E-state index in [0.717, 1.165) is 5.32 Å². The van der Waals surface area contributed by atoms with Crippen LogP contribution in [0.4, 0.5) is 27.6 Å². The number of aromatic hydroxyl groups is 1. The van der Waals surface area contributed by atoms with Gasteiger partial charge in [0.15, 0.2) is 17.4 Å². The number of hydrogen-bond acceptors (Lipinski definition) is 3. The Morgan fingerprint density at radius 1 is 1.16 bits per heavy atom. The second-order valence-corrected chi connectivity index (χ2v) is 3.21. The van der Waals surface area contributed by atoms with Crippen LogP contribution >= 0.6 is 0 Å². The Bertz CT molecular complexity index is 555. The number of rotatable bonds is 2. The zero-order valence-electron chi connectivity index (χ0n) is 8.68. The van der Waals surface area contributed by atoms with Gasteiger partial charge < -0.3 is 15.5 Å². The summed E-state index contributed by atoms with van der Waals surface area (Å²) in [5.41, 5.74) is -2.60. The summed E-state index contributed by atoms with van der Waals surface area (Å²) in [6, 6.07) is 0.121. The van der Waals surface area contributed by atoms with E-state index in [1.54, 1.807) is 0 Å². The van der Waals surface area contributed by atoms with Crippen molar-refractivity contribution in [2.45, 2.75) is 6.18 Å². The number of carboxylic acids is 1. The van der Waals surface area contributed by atoms with Crippen LogP contribution in [0.1, 0.15) is 10.4 Å². The van der Waals surface area contributed by atoms with Crippen molar-refractivity contribution in [1.29, 1.82) is 0 Å². The van der Waals surface area contributed by atoms with E-state index in [1.165, 1.54) is 0 Å². The van der Waals surface area contributed by atoms with Gasteiger partial charge in [0.1, 0.15) is 5.56 Å². The van der Waals surface area contributed by atoms with Crippen LogP contribution < -0.4 is 5.32 Å². The summed E-state index contributed by atoms with van der Waals surface area (Å²) in [6.45, 7) is 0. The molecule has 1 rings (SSSR count). The number of nitrogens with one attached hydrogen (secondary N) is 1. The lowest BCUT2D eigenvalue weighted by molar-refractivity contribution is -0.167. The number of benzene rings is 1. The molecule has 3 N–H and O–H groups in total. The molecular weight excluding hydrogens is 281 g/mol. The van der Waals surface area contributed by atoms with Gasteiger partial charge in [-0.25, -0.2) is 13.6 Å². The third kappa shape index (κ3) is 2.89. The Balaban J connectivity index is 3.30. The van der Waals surface area contributed by atoms with Crippen LogP contribution in [0.25, 0.3) is 0 Å². The van der Waals surface area contributed by atoms with E-state index in [4.69, 9.17) is 10.2 Å². The topological polar surface area (TPSA) is 86.6 Å². The van der Waals surface area contributed by atoms with Crippen LogP contribution in [0.15, 0.2) is 6.07 Å². The standard InChI is InChI=1S/C9H4F5NO4/c10-4-2(7(17)18)1-3(5(11)6(4)16)15-8(19)9(12,13)14/h1,16H,(H,15,19)(H,17,18). The Morgan fingerprint density at radius 2 is 1.68 bits per heavy atom. The van der Waals surface area contributed by atoms with Gasteiger partial charge in [0.05, 0.1) is 5.69 Å². The normalized spacial score (nSPS) is 11.2. The van der Waals surface area contributed by atoms with Gasteiger partial charge in [0.2, 0.25) is 0 Å². The fourth-order valence-corrected chi connectivity index (χ4v) is 1.06. The van der Waals surface area contributed by atoms with Crippen molar-refractivity contribution < 1.29 is 41.8 Å². The first-order valence-corrected chi connectivity index (χ1v) is 4.38. The van der Waals surface area contributed by atoms with Crippen molar-refractivity contribution in [3.05, 3.63) is 23.3 Å². The Morgan fingerprint density at radius 3 is 2.11 bits per heavy atom. The summed E-state index contributed by atoms with van der Waals surface area (Å²) in [7, 11) is 0. The summed E-state index contributed by atoms with van der Waals surface area (Å²) in [5, 5.41) is 18.4. The first kappa shape index (κ1) is 14.7. The average molecular weight is 285 g/mol. The van der Waals surface area contributed by atoms with Crippen LogP contribution in [0, 0.1) is 11.6 Å². The van der Waals surface area contributed by atoms with Crippen LogP contribution in [-0.2, 0) is 4.79 Å². The zero-order chi connectivity index (χ0) is 15.0. The number of anilines is 1. The maximum absolute atomic E-state index is 13.2. The maximum Gasteiger partial charge on any atom is 0.471 e. The fraction of sp³-hybridized carbons (Fsp3) is 0.111. The molecule has 0 bridgehead atoms. The molecule has 0 aliphatic rings. The fourth-order valence-electron chi connectivity index (χ4n) is 1.06. The predicted molar refractivity (Wildman–Crippen MR) is 49.7 cm³/mol. The molecule has 5 nitrogen and oxygen atoms in total. The average Bonchev–Trinajstić information content (AvgIpc) is 2.28. The summed E-state index contributed by atoms with van der Waals surface area (Å²) < 4.78 is 62.0. The van der Waals surface area contributed by atoms with Crippen molar-refractivity contribution >= 4 is 17.6 Å². The van der Waals surface area contributed by atoms with E-state index in [0.29, 0.717) is 0 Å². The van der Waals surface area contributed by atoms with Crippen molar-refractivity contribution in [2.75, 3.05) is 5.32 Å². The second-order valence-electron chi connectivity index (χ2n) is 3.21. The lowest BCUT2D eigenvalue weighted by Gasteiger charge is -2.11. The number of carbonyl (C=O) groups is 2. The molecule has 0 radical (unpaired) electrons. The van der Waals surface area contributed by atoms with E-state index in [1.807, 2.05) is 0 Å². The number of aromatic carboxylic acids is 1. The van der Waals surface area contributed by atoms with Crippen LogP contribution in [0.3, 0.4) is 0 Å². The van der Waals surface area contributed by atoms with Gasteiger partial charge in [-0.2, -0.15) is 13.2 Å². The molecule has 0 aliphatic heterocycles. The molecule has 10 heteroatoms. The number of phenolic OH excluding ortho intramolecular Hbond substituents is 1. The molecule has 0 spiro atoms. The number of halogens is 5. The third-order valence-electron chi connectivity index (χ3n) is 1.91. The van der Waals surface area contributed by atoms with E-state index >= 15 is 0 Å². The van der Waals surface area contributed by atoms with Crippen LogP contribution in [-0.4, -0.2) is 28.3 Å². The molecule has 0 atom stereocenters. The molecule has 0 saturated carbocycles. The highest BCUT2D eigenvalue weighted by atomic mass is 19.4. The van der Waals surface area contributed by atoms with Gasteiger partial charge in [0, 0.05) is 0 Å². The first-order chi connectivity index (χ1) is 8.55. The molecule has 0 unspecified atom stereocenters. The smallest absolute Gasteiger partial charge is 0.471 e. The van der Waals surface area contributed by atoms with Crippen molar-refractivity contribution in [2.24, 2.45) is 0 Å². The van der Waals surface area contributed by atoms with Crippen molar-refractivity contribution in [1.82, 2.24) is 0 Å². The molecule has 1 amide bonds. The summed E-state index contributed by atoms with van der Waals surface area (Å²) >= 11 is 0. The quantitative estimate of drug-likeness (QED) is 0.724. The molecule has 0 fully saturated rings. The molecule has 0 aliphatic carbocycles. The SMILES string of the molecule is O=C(O)c1cc(NC(=O)C(F)(F)F)c(F)c(O)c1F. The van der Waals surface area contributed by atoms with E-state index in [-0.39, 0.29) is 6.07 Å². The van der Waals surface area contributed by atoms with E-state index < -0.39 is 46.7 Å². The minimum Gasteiger partial charge on any atom is -0.503 e. The molecule has 0 heterocycles. The molecule has 0 saturated heterocycles. The molecular formula is C9H4F5NO4. The van der Waals surface area contributed by atoms with Gasteiger partial charge >= 0.3 is 18.1 Å². The molecule has 104 valence electrons. The molecule has 0 aromatic heterocycles. The Kier molecular flexibility index (Phi) is 3.63. The van der Waals surface area contributed by atoms with Gasteiger partial charge in [-0.15, -0.1) is 0 Å². The lowest BCUT2D eigenvalue weighted by atomic mass is 10.1. The summed E-state index contributed by atoms with van der Waals surface area (Å²) in [6.07, 6.45) is -5.36.